The van der Waals surface area contributed by atoms with Crippen molar-refractivity contribution in [2.24, 2.45) is 0 Å². The number of hydrogen-bond acceptors (Lipinski definition) is 7. The first kappa shape index (κ1) is 38.2. The van der Waals surface area contributed by atoms with Crippen LogP contribution in [0.3, 0.4) is 0 Å². The van der Waals surface area contributed by atoms with E-state index in [1.165, 1.54) is 34.9 Å². The maximum atomic E-state index is 10.8. The van der Waals surface area contributed by atoms with Gasteiger partial charge in [0.25, 0.3) is 10.1 Å². The molecule has 0 saturated heterocycles. The average molecular weight is 672 g/mol. The third kappa shape index (κ3) is 11.4. The predicted molar refractivity (Wildman–Crippen MR) is 180 cm³/mol. The summed E-state index contributed by atoms with van der Waals surface area (Å²) >= 11 is 0. The molecule has 4 aromatic rings. The molecular formula is C34H40O10PS+. The SMILES string of the molecule is CCCC[P+](c1ccccc1)(c1ccccc1)c1ccccc1.O=C(O)c1cc(C(=O)O)cc(S(=O)(=O)O)c1.OCCOCCO. The van der Waals surface area contributed by atoms with Crippen molar-refractivity contribution in [1.82, 2.24) is 0 Å². The van der Waals surface area contributed by atoms with Gasteiger partial charge in [-0.2, -0.15) is 8.42 Å². The number of unbranched alkanes of at least 4 members (excludes halogenated alkanes) is 1. The number of ether oxygens (including phenoxy) is 1. The molecule has 0 atom stereocenters. The molecule has 0 spiro atoms. The van der Waals surface area contributed by atoms with Crippen LogP contribution < -0.4 is 15.9 Å². The van der Waals surface area contributed by atoms with Gasteiger partial charge < -0.3 is 25.2 Å². The van der Waals surface area contributed by atoms with Gasteiger partial charge in [0.05, 0.1) is 48.6 Å². The summed E-state index contributed by atoms with van der Waals surface area (Å²) in [5.74, 6) is -2.99. The molecule has 0 aliphatic heterocycles. The van der Waals surface area contributed by atoms with Crippen LogP contribution >= 0.6 is 7.26 Å². The van der Waals surface area contributed by atoms with E-state index in [-0.39, 0.29) is 13.2 Å². The molecule has 0 amide bonds. The highest BCUT2D eigenvalue weighted by Gasteiger charge is 2.44. The second-order valence-corrected chi connectivity index (χ2v) is 14.8. The number of aromatic carboxylic acids is 2. The topological polar surface area (TPSA) is 179 Å². The fourth-order valence-corrected chi connectivity index (χ4v) is 9.56. The molecule has 0 fully saturated rings. The summed E-state index contributed by atoms with van der Waals surface area (Å²) in [5, 5.41) is 37.9. The van der Waals surface area contributed by atoms with E-state index < -0.39 is 45.3 Å². The van der Waals surface area contributed by atoms with Gasteiger partial charge in [-0.15, -0.1) is 0 Å². The molecule has 0 aromatic heterocycles. The number of aliphatic hydroxyl groups is 2. The lowest BCUT2D eigenvalue weighted by Gasteiger charge is -2.27. The summed E-state index contributed by atoms with van der Waals surface area (Å²) in [6, 6.07) is 35.5. The molecule has 0 unspecified atom stereocenters. The molecule has 0 radical (unpaired) electrons. The zero-order valence-corrected chi connectivity index (χ0v) is 27.2. The highest BCUT2D eigenvalue weighted by Crippen LogP contribution is 2.55. The third-order valence-electron chi connectivity index (χ3n) is 6.61. The van der Waals surface area contributed by atoms with E-state index in [9.17, 15) is 18.0 Å². The molecule has 10 nitrogen and oxygen atoms in total. The maximum Gasteiger partial charge on any atom is 0.335 e. The van der Waals surface area contributed by atoms with Crippen LogP contribution in [0.15, 0.2) is 114 Å². The van der Waals surface area contributed by atoms with Gasteiger partial charge in [-0.3, -0.25) is 4.55 Å². The Morgan fingerprint density at radius 2 is 1.04 bits per heavy atom. The van der Waals surface area contributed by atoms with E-state index in [1.807, 2.05) is 0 Å². The molecule has 4 aromatic carbocycles. The van der Waals surface area contributed by atoms with Crippen molar-refractivity contribution < 1.29 is 47.7 Å². The summed E-state index contributed by atoms with van der Waals surface area (Å²) in [6.45, 7) is 2.98. The van der Waals surface area contributed by atoms with Crippen LogP contribution in [0.2, 0.25) is 0 Å². The van der Waals surface area contributed by atoms with Crippen molar-refractivity contribution in [1.29, 1.82) is 0 Å². The first-order valence-electron chi connectivity index (χ1n) is 14.4. The molecule has 5 N–H and O–H groups in total. The van der Waals surface area contributed by atoms with Crippen molar-refractivity contribution >= 4 is 45.2 Å². The zero-order valence-electron chi connectivity index (χ0n) is 25.5. The molecule has 246 valence electrons. The van der Waals surface area contributed by atoms with E-state index >= 15 is 0 Å². The van der Waals surface area contributed by atoms with E-state index in [1.54, 1.807) is 0 Å². The van der Waals surface area contributed by atoms with Crippen LogP contribution in [0.5, 0.6) is 0 Å². The minimum absolute atomic E-state index is 0.0278. The van der Waals surface area contributed by atoms with Crippen molar-refractivity contribution in [3.63, 3.8) is 0 Å². The van der Waals surface area contributed by atoms with Gasteiger partial charge in [0, 0.05) is 0 Å². The molecular weight excluding hydrogens is 631 g/mol. The van der Waals surface area contributed by atoms with E-state index in [0.717, 1.165) is 6.07 Å². The number of benzene rings is 4. The van der Waals surface area contributed by atoms with Crippen molar-refractivity contribution in [2.45, 2.75) is 24.7 Å². The monoisotopic (exact) mass is 671 g/mol. The van der Waals surface area contributed by atoms with Gasteiger partial charge >= 0.3 is 11.9 Å². The van der Waals surface area contributed by atoms with Crippen molar-refractivity contribution in [3.05, 3.63) is 120 Å². The van der Waals surface area contributed by atoms with Gasteiger partial charge in [0.1, 0.15) is 23.2 Å². The molecule has 46 heavy (non-hydrogen) atoms. The number of carboxylic acids is 2. The lowest BCUT2D eigenvalue weighted by Crippen LogP contribution is -2.33. The molecule has 0 aliphatic carbocycles. The van der Waals surface area contributed by atoms with E-state index in [4.69, 9.17) is 25.0 Å². The first-order valence-corrected chi connectivity index (χ1v) is 17.9. The Morgan fingerprint density at radius 1 is 0.674 bits per heavy atom. The summed E-state index contributed by atoms with van der Waals surface area (Å²) in [4.78, 5) is 20.4. The quantitative estimate of drug-likeness (QED) is 0.0790. The van der Waals surface area contributed by atoms with Gasteiger partial charge in [-0.05, 0) is 61.0 Å². The average Bonchev–Trinajstić information content (AvgIpc) is 3.07. The van der Waals surface area contributed by atoms with Crippen LogP contribution in [-0.4, -0.2) is 77.9 Å². The molecule has 12 heteroatoms. The standard InChI is InChI=1S/C22H24P.C8H6O7S.C4H10O3/c1-2-3-19-23(20-13-7-4-8-14-20,21-15-9-5-10-16-21)22-17-11-6-12-18-22;9-7(10)4-1-5(8(11)12)3-6(2-4)16(13,14)15;5-1-3-7-4-2-6/h4-18H,2-3,19H2,1H3;1-3H,(H,9,10)(H,11,12)(H,13,14,15);5-6H,1-4H2/q+1;;. The second-order valence-electron chi connectivity index (χ2n) is 9.78. The number of hydrogen-bond donors (Lipinski definition) is 5. The minimum atomic E-state index is -4.64. The Balaban J connectivity index is 0.000000278. The Morgan fingerprint density at radius 3 is 1.33 bits per heavy atom. The summed E-state index contributed by atoms with van der Waals surface area (Å²) in [6.07, 6.45) is 3.72. The Kier molecular flexibility index (Phi) is 16.2. The van der Waals surface area contributed by atoms with E-state index in [2.05, 4.69) is 103 Å². The summed E-state index contributed by atoms with van der Waals surface area (Å²) < 4.78 is 34.8. The van der Waals surface area contributed by atoms with Gasteiger partial charge in [-0.1, -0.05) is 67.9 Å². The fraction of sp³-hybridized carbons (Fsp3) is 0.235. The maximum absolute atomic E-state index is 10.8. The zero-order chi connectivity index (χ0) is 34.0. The number of aliphatic hydroxyl groups excluding tert-OH is 2. The Labute approximate surface area is 270 Å². The van der Waals surface area contributed by atoms with Crippen LogP contribution in [0, 0.1) is 0 Å². The normalized spacial score (nSPS) is 11.0. The lowest BCUT2D eigenvalue weighted by atomic mass is 10.1. The molecule has 0 aliphatic rings. The van der Waals surface area contributed by atoms with Gasteiger partial charge in [0.15, 0.2) is 0 Å². The van der Waals surface area contributed by atoms with Gasteiger partial charge in [-0.25, -0.2) is 9.59 Å². The van der Waals surface area contributed by atoms with E-state index in [0.29, 0.717) is 25.3 Å². The number of rotatable bonds is 13. The van der Waals surface area contributed by atoms with Crippen LogP contribution in [-0.2, 0) is 14.9 Å². The molecule has 4 rings (SSSR count). The smallest absolute Gasteiger partial charge is 0.335 e. The summed E-state index contributed by atoms with van der Waals surface area (Å²) in [7, 11) is -6.21. The van der Waals surface area contributed by atoms with Crippen LogP contribution in [0.25, 0.3) is 0 Å². The molecule has 0 bridgehead atoms. The minimum Gasteiger partial charge on any atom is -0.478 e. The third-order valence-corrected chi connectivity index (χ3v) is 12.0. The lowest BCUT2D eigenvalue weighted by molar-refractivity contribution is 0.0650. The van der Waals surface area contributed by atoms with Crippen LogP contribution in [0.1, 0.15) is 40.5 Å². The largest absolute Gasteiger partial charge is 0.478 e. The molecule has 0 heterocycles. The Hall–Kier alpha value is -3.96. The predicted octanol–water partition coefficient (Wildman–Crippen LogP) is 4.10. The number of carbonyl (C=O) groups is 2. The summed E-state index contributed by atoms with van der Waals surface area (Å²) in [5.41, 5.74) is -1.07. The fourth-order valence-electron chi connectivity index (χ4n) is 4.50. The second kappa shape index (κ2) is 19.5. The van der Waals surface area contributed by atoms with Crippen LogP contribution in [0.4, 0.5) is 0 Å². The van der Waals surface area contributed by atoms with Crippen molar-refractivity contribution in [3.8, 4) is 0 Å². The highest BCUT2D eigenvalue weighted by molar-refractivity contribution is 7.95. The highest BCUT2D eigenvalue weighted by atomic mass is 32.2. The first-order chi connectivity index (χ1) is 22.0. The van der Waals surface area contributed by atoms with Crippen molar-refractivity contribution in [2.75, 3.05) is 32.6 Å². The van der Waals surface area contributed by atoms with Gasteiger partial charge in [0.2, 0.25) is 0 Å². The number of carboxylic acid groups (broad SMARTS) is 2. The molecule has 0 saturated carbocycles. The Bertz CT molecular complexity index is 1470.